The lowest BCUT2D eigenvalue weighted by atomic mass is 9.98. The number of fused-ring (bicyclic) bond motifs is 1. The van der Waals surface area contributed by atoms with Gasteiger partial charge in [-0.05, 0) is 63.6 Å². The number of benzene rings is 1. The van der Waals surface area contributed by atoms with Crippen LogP contribution in [-0.4, -0.2) is 44.1 Å². The first-order valence-electron chi connectivity index (χ1n) is 10.4. The van der Waals surface area contributed by atoms with Crippen LogP contribution in [0.2, 0.25) is 0 Å². The molecule has 2 aromatic heterocycles. The lowest BCUT2D eigenvalue weighted by molar-refractivity contribution is 0.0941. The van der Waals surface area contributed by atoms with Crippen LogP contribution in [0.1, 0.15) is 71.9 Å². The molecule has 0 radical (unpaired) electrons. The molecule has 1 N–H and O–H groups in total. The van der Waals surface area contributed by atoms with Crippen molar-refractivity contribution in [2.75, 3.05) is 11.4 Å². The molecular weight excluding hydrogens is 392 g/mol. The Bertz CT molecular complexity index is 1110. The van der Waals surface area contributed by atoms with Crippen LogP contribution in [0.3, 0.4) is 0 Å². The minimum atomic E-state index is -0.227. The van der Waals surface area contributed by atoms with E-state index in [2.05, 4.69) is 20.4 Å². The first-order chi connectivity index (χ1) is 14.8. The van der Waals surface area contributed by atoms with Crippen molar-refractivity contribution < 1.29 is 9.59 Å². The van der Waals surface area contributed by atoms with Crippen LogP contribution in [0.5, 0.6) is 0 Å². The van der Waals surface area contributed by atoms with Crippen LogP contribution in [-0.2, 0) is 0 Å². The molecule has 1 aliphatic heterocycles. The lowest BCUT2D eigenvalue weighted by Gasteiger charge is -2.17. The van der Waals surface area contributed by atoms with Gasteiger partial charge in [0, 0.05) is 36.1 Å². The van der Waals surface area contributed by atoms with Crippen molar-refractivity contribution in [3.63, 3.8) is 0 Å². The number of anilines is 1. The molecule has 0 unspecified atom stereocenters. The Morgan fingerprint density at radius 2 is 1.90 bits per heavy atom. The van der Waals surface area contributed by atoms with Gasteiger partial charge in [0.15, 0.2) is 5.82 Å². The number of hydrogen-bond acceptors (Lipinski definition) is 5. The van der Waals surface area contributed by atoms with E-state index in [9.17, 15) is 9.59 Å². The molecule has 31 heavy (non-hydrogen) atoms. The lowest BCUT2D eigenvalue weighted by Crippen LogP contribution is -2.31. The van der Waals surface area contributed by atoms with E-state index in [1.165, 1.54) is 0 Å². The largest absolute Gasteiger partial charge is 0.350 e. The SMILES string of the molecule is CC(C)NC(=O)c1ccc2c(c1)[C@@H](c1ncn(C(C)C)n1)CN2C(=O)c1ccccn1. The number of carbonyl (C=O) groups is 2. The summed E-state index contributed by atoms with van der Waals surface area (Å²) >= 11 is 0. The van der Waals surface area contributed by atoms with Crippen molar-refractivity contribution in [2.24, 2.45) is 0 Å². The van der Waals surface area contributed by atoms with E-state index < -0.39 is 0 Å². The third-order valence-corrected chi connectivity index (χ3v) is 5.24. The predicted octanol–water partition coefficient (Wildman–Crippen LogP) is 3.18. The number of carbonyl (C=O) groups excluding carboxylic acids is 2. The fourth-order valence-corrected chi connectivity index (χ4v) is 3.68. The molecule has 1 aliphatic rings. The van der Waals surface area contributed by atoms with E-state index in [0.29, 0.717) is 23.6 Å². The van der Waals surface area contributed by atoms with Gasteiger partial charge in [-0.3, -0.25) is 19.3 Å². The molecule has 3 heterocycles. The zero-order valence-electron chi connectivity index (χ0n) is 18.1. The molecule has 1 atom stereocenters. The van der Waals surface area contributed by atoms with E-state index in [1.54, 1.807) is 46.4 Å². The average Bonchev–Trinajstić information content (AvgIpc) is 3.38. The second-order valence-corrected chi connectivity index (χ2v) is 8.26. The van der Waals surface area contributed by atoms with Gasteiger partial charge in [0.2, 0.25) is 0 Å². The topological polar surface area (TPSA) is 93.0 Å². The third-order valence-electron chi connectivity index (χ3n) is 5.24. The number of nitrogens with one attached hydrogen (secondary N) is 1. The summed E-state index contributed by atoms with van der Waals surface area (Å²) in [6, 6.07) is 10.9. The minimum Gasteiger partial charge on any atom is -0.350 e. The van der Waals surface area contributed by atoms with Gasteiger partial charge in [-0.15, -0.1) is 0 Å². The molecular formula is C23H26N6O2. The summed E-state index contributed by atoms with van der Waals surface area (Å²) < 4.78 is 1.80. The number of hydrogen-bond donors (Lipinski definition) is 1. The van der Waals surface area contributed by atoms with Crippen LogP contribution in [0.25, 0.3) is 0 Å². The second kappa shape index (κ2) is 8.29. The number of rotatable bonds is 5. The first kappa shape index (κ1) is 20.7. The van der Waals surface area contributed by atoms with Gasteiger partial charge in [0.25, 0.3) is 11.8 Å². The molecule has 0 saturated heterocycles. The van der Waals surface area contributed by atoms with E-state index in [1.807, 2.05) is 39.8 Å². The van der Waals surface area contributed by atoms with Gasteiger partial charge >= 0.3 is 0 Å². The van der Waals surface area contributed by atoms with Gasteiger partial charge in [0.1, 0.15) is 12.0 Å². The first-order valence-corrected chi connectivity index (χ1v) is 10.4. The van der Waals surface area contributed by atoms with Crippen LogP contribution < -0.4 is 10.2 Å². The Hall–Kier alpha value is -3.55. The van der Waals surface area contributed by atoms with Crippen molar-refractivity contribution in [3.8, 4) is 0 Å². The predicted molar refractivity (Wildman–Crippen MR) is 117 cm³/mol. The zero-order chi connectivity index (χ0) is 22.1. The fraction of sp³-hybridized carbons (Fsp3) is 0.348. The molecule has 8 heteroatoms. The third kappa shape index (κ3) is 4.05. The summed E-state index contributed by atoms with van der Waals surface area (Å²) in [4.78, 5) is 36.2. The maximum absolute atomic E-state index is 13.2. The molecule has 8 nitrogen and oxygen atoms in total. The number of nitrogens with zero attached hydrogens (tertiary/aromatic N) is 5. The summed E-state index contributed by atoms with van der Waals surface area (Å²) in [5.74, 6) is 0.0703. The number of pyridine rings is 1. The van der Waals surface area contributed by atoms with Crippen molar-refractivity contribution >= 4 is 17.5 Å². The standard InChI is InChI=1S/C23H26N6O2/c1-14(2)26-22(30)16-8-9-20-17(11-16)18(21-25-13-29(27-21)15(3)4)12-28(20)23(31)19-7-5-6-10-24-19/h5-11,13-15,18H,12H2,1-4H3,(H,26,30)/t18-/m0/s1. The highest BCUT2D eigenvalue weighted by molar-refractivity contribution is 6.07. The fourth-order valence-electron chi connectivity index (χ4n) is 3.68. The van der Waals surface area contributed by atoms with E-state index in [4.69, 9.17) is 0 Å². The monoisotopic (exact) mass is 418 g/mol. The van der Waals surface area contributed by atoms with Crippen LogP contribution in [0.4, 0.5) is 5.69 Å². The van der Waals surface area contributed by atoms with Crippen LogP contribution >= 0.6 is 0 Å². The molecule has 2 amide bonds. The van der Waals surface area contributed by atoms with Crippen LogP contribution in [0.15, 0.2) is 48.9 Å². The zero-order valence-corrected chi connectivity index (χ0v) is 18.1. The Balaban J connectivity index is 1.75. The van der Waals surface area contributed by atoms with Gasteiger partial charge in [0.05, 0.1) is 5.92 Å². The molecule has 4 rings (SSSR count). The Morgan fingerprint density at radius 1 is 1.10 bits per heavy atom. The maximum Gasteiger partial charge on any atom is 0.276 e. The molecule has 1 aromatic carbocycles. The summed E-state index contributed by atoms with van der Waals surface area (Å²) in [6.45, 7) is 8.30. The normalized spacial score (nSPS) is 15.4. The van der Waals surface area contributed by atoms with Gasteiger partial charge in [-0.25, -0.2) is 4.98 Å². The minimum absolute atomic E-state index is 0.0298. The summed E-state index contributed by atoms with van der Waals surface area (Å²) in [6.07, 6.45) is 3.31. The quantitative estimate of drug-likeness (QED) is 0.687. The van der Waals surface area contributed by atoms with E-state index in [-0.39, 0.29) is 29.8 Å². The molecule has 0 bridgehead atoms. The van der Waals surface area contributed by atoms with E-state index >= 15 is 0 Å². The van der Waals surface area contributed by atoms with E-state index in [0.717, 1.165) is 11.3 Å². The average molecular weight is 419 g/mol. The van der Waals surface area contributed by atoms with Crippen molar-refractivity contribution in [3.05, 3.63) is 71.6 Å². The highest BCUT2D eigenvalue weighted by Gasteiger charge is 2.37. The molecule has 0 aliphatic carbocycles. The van der Waals surface area contributed by atoms with Crippen molar-refractivity contribution in [1.82, 2.24) is 25.1 Å². The Labute approximate surface area is 181 Å². The van der Waals surface area contributed by atoms with Crippen molar-refractivity contribution in [2.45, 2.75) is 45.7 Å². The summed E-state index contributed by atoms with van der Waals surface area (Å²) in [7, 11) is 0. The Morgan fingerprint density at radius 3 is 2.55 bits per heavy atom. The highest BCUT2D eigenvalue weighted by atomic mass is 16.2. The smallest absolute Gasteiger partial charge is 0.276 e. The van der Waals surface area contributed by atoms with Crippen molar-refractivity contribution in [1.29, 1.82) is 0 Å². The number of amides is 2. The summed E-state index contributed by atoms with van der Waals surface area (Å²) in [5, 5.41) is 7.55. The molecule has 0 saturated carbocycles. The molecule has 0 fully saturated rings. The van der Waals surface area contributed by atoms with Gasteiger partial charge in [-0.1, -0.05) is 6.07 Å². The highest BCUT2D eigenvalue weighted by Crippen LogP contribution is 2.40. The number of aromatic nitrogens is 4. The molecule has 0 spiro atoms. The van der Waals surface area contributed by atoms with Crippen LogP contribution in [0, 0.1) is 0 Å². The maximum atomic E-state index is 13.2. The summed E-state index contributed by atoms with van der Waals surface area (Å²) in [5.41, 5.74) is 2.54. The van der Waals surface area contributed by atoms with Gasteiger partial charge < -0.3 is 10.2 Å². The molecule has 160 valence electrons. The Kier molecular flexibility index (Phi) is 5.54. The van der Waals surface area contributed by atoms with Gasteiger partial charge in [-0.2, -0.15) is 5.10 Å². The second-order valence-electron chi connectivity index (χ2n) is 8.26. The molecule has 3 aromatic rings.